The van der Waals surface area contributed by atoms with Crippen LogP contribution in [0.4, 0.5) is 10.6 Å². The number of nitrogens with zero attached hydrogens (tertiary/aromatic N) is 4. The summed E-state index contributed by atoms with van der Waals surface area (Å²) in [7, 11) is 0. The standard InChI is InChI=1S/C18H21N5O2/c24-18(20-17-6-3-8-19-21-17)23-11-9-22(10-12-23)15-7-13-25-16-5-2-1-4-14(15)16/h1-6,8,15H,7,9-13H2,(H,20,21,24). The molecule has 1 saturated heterocycles. The molecule has 1 unspecified atom stereocenters. The molecule has 0 bridgehead atoms. The summed E-state index contributed by atoms with van der Waals surface area (Å²) >= 11 is 0. The molecule has 2 aromatic rings. The number of carbonyl (C=O) groups excluding carboxylic acids is 1. The average molecular weight is 339 g/mol. The topological polar surface area (TPSA) is 70.6 Å². The molecule has 7 nitrogen and oxygen atoms in total. The van der Waals surface area contributed by atoms with Gasteiger partial charge in [-0.05, 0) is 18.2 Å². The maximum atomic E-state index is 12.4. The van der Waals surface area contributed by atoms with Gasteiger partial charge in [-0.15, -0.1) is 5.10 Å². The van der Waals surface area contributed by atoms with E-state index < -0.39 is 0 Å². The number of hydrogen-bond acceptors (Lipinski definition) is 5. The lowest BCUT2D eigenvalue weighted by Crippen LogP contribution is -2.51. The molecule has 3 heterocycles. The molecule has 0 radical (unpaired) electrons. The number of benzene rings is 1. The second kappa shape index (κ2) is 7.06. The third kappa shape index (κ3) is 3.41. The number of anilines is 1. The fraction of sp³-hybridized carbons (Fsp3) is 0.389. The quantitative estimate of drug-likeness (QED) is 0.908. The fourth-order valence-electron chi connectivity index (χ4n) is 3.50. The Morgan fingerprint density at radius 3 is 2.76 bits per heavy atom. The number of aromatic nitrogens is 2. The van der Waals surface area contributed by atoms with Crippen molar-refractivity contribution in [1.82, 2.24) is 20.0 Å². The van der Waals surface area contributed by atoms with Gasteiger partial charge in [-0.3, -0.25) is 10.2 Å². The van der Waals surface area contributed by atoms with Crippen LogP contribution in [0.5, 0.6) is 5.75 Å². The number of amides is 2. The van der Waals surface area contributed by atoms with Gasteiger partial charge in [-0.1, -0.05) is 18.2 Å². The number of urea groups is 1. The summed E-state index contributed by atoms with van der Waals surface area (Å²) in [6.07, 6.45) is 2.57. The summed E-state index contributed by atoms with van der Waals surface area (Å²) in [5, 5.41) is 10.5. The Bertz CT molecular complexity index is 731. The Balaban J connectivity index is 1.37. The molecule has 4 rings (SSSR count). The molecule has 1 fully saturated rings. The predicted octanol–water partition coefficient (Wildman–Crippen LogP) is 2.15. The van der Waals surface area contributed by atoms with E-state index in [-0.39, 0.29) is 6.03 Å². The van der Waals surface area contributed by atoms with Crippen LogP contribution in [0.1, 0.15) is 18.0 Å². The molecule has 130 valence electrons. The van der Waals surface area contributed by atoms with E-state index >= 15 is 0 Å². The van der Waals surface area contributed by atoms with Crippen LogP contribution in [-0.4, -0.2) is 58.8 Å². The van der Waals surface area contributed by atoms with E-state index in [1.54, 1.807) is 18.3 Å². The van der Waals surface area contributed by atoms with Gasteiger partial charge in [0.2, 0.25) is 0 Å². The zero-order valence-corrected chi connectivity index (χ0v) is 14.0. The Morgan fingerprint density at radius 2 is 1.96 bits per heavy atom. The number of hydrogen-bond donors (Lipinski definition) is 1. The maximum Gasteiger partial charge on any atom is 0.323 e. The lowest BCUT2D eigenvalue weighted by Gasteiger charge is -2.41. The second-order valence-corrected chi connectivity index (χ2v) is 6.25. The van der Waals surface area contributed by atoms with Crippen LogP contribution in [0.3, 0.4) is 0 Å². The van der Waals surface area contributed by atoms with Crippen LogP contribution in [0, 0.1) is 0 Å². The van der Waals surface area contributed by atoms with Crippen LogP contribution in [0.15, 0.2) is 42.6 Å². The van der Waals surface area contributed by atoms with Gasteiger partial charge in [0.15, 0.2) is 5.82 Å². The van der Waals surface area contributed by atoms with Gasteiger partial charge in [0.1, 0.15) is 5.75 Å². The molecular formula is C18H21N5O2. The Kier molecular flexibility index (Phi) is 4.47. The zero-order valence-electron chi connectivity index (χ0n) is 14.0. The van der Waals surface area contributed by atoms with Crippen LogP contribution in [0.25, 0.3) is 0 Å². The van der Waals surface area contributed by atoms with Crippen molar-refractivity contribution in [2.45, 2.75) is 12.5 Å². The number of fused-ring (bicyclic) bond motifs is 1. The van der Waals surface area contributed by atoms with Crippen LogP contribution < -0.4 is 10.1 Å². The summed E-state index contributed by atoms with van der Waals surface area (Å²) in [4.78, 5) is 16.6. The molecule has 25 heavy (non-hydrogen) atoms. The van der Waals surface area contributed by atoms with Gasteiger partial charge in [0, 0.05) is 50.4 Å². The number of ether oxygens (including phenoxy) is 1. The highest BCUT2D eigenvalue weighted by atomic mass is 16.5. The number of para-hydroxylation sites is 1. The molecule has 7 heteroatoms. The van der Waals surface area contributed by atoms with E-state index in [0.29, 0.717) is 24.9 Å². The molecule has 1 atom stereocenters. The maximum absolute atomic E-state index is 12.4. The van der Waals surface area contributed by atoms with Gasteiger partial charge >= 0.3 is 6.03 Å². The minimum absolute atomic E-state index is 0.118. The SMILES string of the molecule is O=C(Nc1cccnn1)N1CCN(C2CCOc3ccccc32)CC1. The summed E-state index contributed by atoms with van der Waals surface area (Å²) in [5.74, 6) is 1.47. The van der Waals surface area contributed by atoms with Crippen LogP contribution in [0.2, 0.25) is 0 Å². The second-order valence-electron chi connectivity index (χ2n) is 6.25. The van der Waals surface area contributed by atoms with Crippen molar-refractivity contribution >= 4 is 11.8 Å². The molecule has 2 aliphatic heterocycles. The molecule has 0 spiro atoms. The largest absolute Gasteiger partial charge is 0.493 e. The van der Waals surface area contributed by atoms with E-state index in [1.165, 1.54) is 5.56 Å². The van der Waals surface area contributed by atoms with Gasteiger partial charge in [0.25, 0.3) is 0 Å². The van der Waals surface area contributed by atoms with Gasteiger partial charge < -0.3 is 9.64 Å². The molecule has 2 amide bonds. The van der Waals surface area contributed by atoms with Gasteiger partial charge in [-0.2, -0.15) is 5.10 Å². The smallest absolute Gasteiger partial charge is 0.323 e. The number of rotatable bonds is 2. The first-order chi connectivity index (χ1) is 12.3. The van der Waals surface area contributed by atoms with E-state index in [9.17, 15) is 4.79 Å². The monoisotopic (exact) mass is 339 g/mol. The number of piperazine rings is 1. The Labute approximate surface area is 146 Å². The summed E-state index contributed by atoms with van der Waals surface area (Å²) in [6, 6.07) is 12.0. The first-order valence-electron chi connectivity index (χ1n) is 8.61. The molecule has 1 N–H and O–H groups in total. The Hall–Kier alpha value is -2.67. The first-order valence-corrected chi connectivity index (χ1v) is 8.61. The van der Waals surface area contributed by atoms with E-state index in [0.717, 1.165) is 31.9 Å². The van der Waals surface area contributed by atoms with Crippen molar-refractivity contribution < 1.29 is 9.53 Å². The molecule has 0 aliphatic carbocycles. The number of nitrogens with one attached hydrogen (secondary N) is 1. The summed E-state index contributed by atoms with van der Waals surface area (Å²) < 4.78 is 5.76. The lowest BCUT2D eigenvalue weighted by molar-refractivity contribution is 0.0886. The predicted molar refractivity (Wildman–Crippen MR) is 93.5 cm³/mol. The summed E-state index contributed by atoms with van der Waals surface area (Å²) in [5.41, 5.74) is 1.26. The summed E-state index contributed by atoms with van der Waals surface area (Å²) in [6.45, 7) is 3.85. The van der Waals surface area contributed by atoms with Crippen molar-refractivity contribution in [3.63, 3.8) is 0 Å². The van der Waals surface area contributed by atoms with Crippen molar-refractivity contribution in [3.05, 3.63) is 48.2 Å². The van der Waals surface area contributed by atoms with Crippen molar-refractivity contribution in [1.29, 1.82) is 0 Å². The normalized spacial score (nSPS) is 20.5. The first kappa shape index (κ1) is 15.8. The number of carbonyl (C=O) groups is 1. The van der Waals surface area contributed by atoms with Gasteiger partial charge in [0.05, 0.1) is 6.61 Å². The molecule has 1 aromatic carbocycles. The van der Waals surface area contributed by atoms with E-state index in [2.05, 4.69) is 32.5 Å². The van der Waals surface area contributed by atoms with Gasteiger partial charge in [-0.25, -0.2) is 4.79 Å². The lowest BCUT2D eigenvalue weighted by atomic mass is 9.98. The molecule has 2 aliphatic rings. The Morgan fingerprint density at radius 1 is 1.12 bits per heavy atom. The molecular weight excluding hydrogens is 318 g/mol. The third-order valence-electron chi connectivity index (χ3n) is 4.78. The fourth-order valence-corrected chi connectivity index (χ4v) is 3.50. The van der Waals surface area contributed by atoms with Crippen LogP contribution in [-0.2, 0) is 0 Å². The highest BCUT2D eigenvalue weighted by molar-refractivity contribution is 5.88. The third-order valence-corrected chi connectivity index (χ3v) is 4.78. The van der Waals surface area contributed by atoms with E-state index in [1.807, 2.05) is 17.0 Å². The zero-order chi connectivity index (χ0) is 17.1. The molecule has 1 aromatic heterocycles. The molecule has 0 saturated carbocycles. The van der Waals surface area contributed by atoms with Crippen molar-refractivity contribution in [3.8, 4) is 5.75 Å². The van der Waals surface area contributed by atoms with Crippen molar-refractivity contribution in [2.75, 3.05) is 38.1 Å². The van der Waals surface area contributed by atoms with E-state index in [4.69, 9.17) is 4.74 Å². The minimum atomic E-state index is -0.118. The average Bonchev–Trinajstić information content (AvgIpc) is 2.68. The van der Waals surface area contributed by atoms with Crippen molar-refractivity contribution in [2.24, 2.45) is 0 Å². The minimum Gasteiger partial charge on any atom is -0.493 e. The highest BCUT2D eigenvalue weighted by Crippen LogP contribution is 2.36. The van der Waals surface area contributed by atoms with Crippen LogP contribution >= 0.6 is 0 Å². The highest BCUT2D eigenvalue weighted by Gasteiger charge is 2.30.